The lowest BCUT2D eigenvalue weighted by Crippen LogP contribution is -2.32. The maximum absolute atomic E-state index is 11.6. The van der Waals surface area contributed by atoms with E-state index in [0.29, 0.717) is 11.4 Å². The number of H-pyrrole nitrogens is 1. The van der Waals surface area contributed by atoms with Gasteiger partial charge in [0.05, 0.1) is 12.7 Å². The van der Waals surface area contributed by atoms with Crippen molar-refractivity contribution in [2.75, 3.05) is 11.9 Å². The van der Waals surface area contributed by atoms with E-state index in [9.17, 15) is 9.59 Å². The molecule has 0 saturated carbocycles. The summed E-state index contributed by atoms with van der Waals surface area (Å²) in [5.41, 5.74) is 0.520. The molecule has 18 heavy (non-hydrogen) atoms. The zero-order valence-corrected chi connectivity index (χ0v) is 9.51. The smallest absolute Gasteiger partial charge is 0.251 e. The molecule has 6 heteroatoms. The molecule has 2 rings (SSSR count). The van der Waals surface area contributed by atoms with Crippen molar-refractivity contribution >= 4 is 17.6 Å². The standard InChI is InChI=1S/C12H12N4O2/c17-11(15-10-6-7-14-16-10)8-13-12(18)9-4-2-1-3-5-9/h1-7H,8H2,(H,13,18)(H2,14,15,16,17). The highest BCUT2D eigenvalue weighted by Gasteiger charge is 2.07. The van der Waals surface area contributed by atoms with Gasteiger partial charge in [-0.2, -0.15) is 5.10 Å². The summed E-state index contributed by atoms with van der Waals surface area (Å²) in [5.74, 6) is -0.104. The molecule has 0 bridgehead atoms. The zero-order chi connectivity index (χ0) is 12.8. The number of aromatic nitrogens is 2. The highest BCUT2D eigenvalue weighted by molar-refractivity contribution is 5.98. The van der Waals surface area contributed by atoms with Gasteiger partial charge in [0, 0.05) is 11.6 Å². The normalized spacial score (nSPS) is 9.78. The molecule has 1 aromatic heterocycles. The van der Waals surface area contributed by atoms with Crippen molar-refractivity contribution in [1.82, 2.24) is 15.5 Å². The van der Waals surface area contributed by atoms with E-state index in [0.717, 1.165) is 0 Å². The molecule has 0 aliphatic rings. The predicted molar refractivity (Wildman–Crippen MR) is 66.0 cm³/mol. The Morgan fingerprint density at radius 3 is 2.61 bits per heavy atom. The Labute approximate surface area is 103 Å². The molecule has 0 unspecified atom stereocenters. The first-order valence-electron chi connectivity index (χ1n) is 5.38. The quantitative estimate of drug-likeness (QED) is 0.742. The Hall–Kier alpha value is -2.63. The fourth-order valence-electron chi connectivity index (χ4n) is 1.37. The van der Waals surface area contributed by atoms with Gasteiger partial charge in [-0.05, 0) is 12.1 Å². The number of benzene rings is 1. The van der Waals surface area contributed by atoms with E-state index in [-0.39, 0.29) is 18.4 Å². The predicted octanol–water partition coefficient (Wildman–Crippen LogP) is 0.778. The van der Waals surface area contributed by atoms with Gasteiger partial charge in [-0.1, -0.05) is 18.2 Å². The number of carbonyl (C=O) groups is 2. The van der Waals surface area contributed by atoms with Gasteiger partial charge in [-0.25, -0.2) is 0 Å². The molecule has 0 fully saturated rings. The highest BCUT2D eigenvalue weighted by atomic mass is 16.2. The summed E-state index contributed by atoms with van der Waals surface area (Å²) < 4.78 is 0. The van der Waals surface area contributed by atoms with Crippen LogP contribution in [0, 0.1) is 0 Å². The Morgan fingerprint density at radius 1 is 1.17 bits per heavy atom. The number of anilines is 1. The SMILES string of the molecule is O=C(CNC(=O)c1ccccc1)Nc1ccn[nH]1. The maximum Gasteiger partial charge on any atom is 0.251 e. The third-order valence-electron chi connectivity index (χ3n) is 2.22. The Morgan fingerprint density at radius 2 is 1.94 bits per heavy atom. The van der Waals surface area contributed by atoms with Gasteiger partial charge in [0.15, 0.2) is 0 Å². The van der Waals surface area contributed by atoms with Crippen molar-refractivity contribution in [2.45, 2.75) is 0 Å². The van der Waals surface area contributed by atoms with Crippen LogP contribution in [0.2, 0.25) is 0 Å². The van der Waals surface area contributed by atoms with E-state index >= 15 is 0 Å². The van der Waals surface area contributed by atoms with Crippen LogP contribution >= 0.6 is 0 Å². The Balaban J connectivity index is 1.81. The van der Waals surface area contributed by atoms with Crippen LogP contribution in [0.3, 0.4) is 0 Å². The van der Waals surface area contributed by atoms with Gasteiger partial charge >= 0.3 is 0 Å². The molecule has 2 amide bonds. The minimum Gasteiger partial charge on any atom is -0.343 e. The molecule has 0 radical (unpaired) electrons. The van der Waals surface area contributed by atoms with Crippen LogP contribution in [0.25, 0.3) is 0 Å². The molecular formula is C12H12N4O2. The third kappa shape index (κ3) is 3.18. The molecule has 0 atom stereocenters. The number of amides is 2. The first kappa shape index (κ1) is 11.8. The van der Waals surface area contributed by atoms with Crippen molar-refractivity contribution in [1.29, 1.82) is 0 Å². The van der Waals surface area contributed by atoms with Crippen LogP contribution in [-0.2, 0) is 4.79 Å². The molecule has 6 nitrogen and oxygen atoms in total. The minimum absolute atomic E-state index is 0.0905. The van der Waals surface area contributed by atoms with Gasteiger partial charge < -0.3 is 10.6 Å². The number of nitrogens with one attached hydrogen (secondary N) is 3. The number of hydrogen-bond donors (Lipinski definition) is 3. The second-order valence-corrected chi connectivity index (χ2v) is 3.57. The van der Waals surface area contributed by atoms with Crippen LogP contribution < -0.4 is 10.6 Å². The molecule has 0 aliphatic carbocycles. The summed E-state index contributed by atoms with van der Waals surface area (Å²) in [6.45, 7) is -0.0905. The largest absolute Gasteiger partial charge is 0.343 e. The van der Waals surface area contributed by atoms with Crippen molar-refractivity contribution in [2.24, 2.45) is 0 Å². The van der Waals surface area contributed by atoms with Crippen LogP contribution in [-0.4, -0.2) is 28.6 Å². The van der Waals surface area contributed by atoms with E-state index in [4.69, 9.17) is 0 Å². The van der Waals surface area contributed by atoms with Crippen LogP contribution in [0.4, 0.5) is 5.82 Å². The highest BCUT2D eigenvalue weighted by Crippen LogP contribution is 1.99. The fourth-order valence-corrected chi connectivity index (χ4v) is 1.37. The van der Waals surface area contributed by atoms with Gasteiger partial charge in [0.25, 0.3) is 5.91 Å². The maximum atomic E-state index is 11.6. The van der Waals surface area contributed by atoms with E-state index in [2.05, 4.69) is 20.8 Å². The van der Waals surface area contributed by atoms with E-state index in [1.165, 1.54) is 6.20 Å². The lowest BCUT2D eigenvalue weighted by atomic mass is 10.2. The topological polar surface area (TPSA) is 86.9 Å². The summed E-state index contributed by atoms with van der Waals surface area (Å²) >= 11 is 0. The van der Waals surface area contributed by atoms with Gasteiger partial charge in [-0.3, -0.25) is 14.7 Å². The van der Waals surface area contributed by atoms with E-state index in [1.54, 1.807) is 30.3 Å². The van der Waals surface area contributed by atoms with Gasteiger partial charge in [-0.15, -0.1) is 0 Å². The molecule has 0 saturated heterocycles. The summed E-state index contributed by atoms with van der Waals surface area (Å²) in [7, 11) is 0. The number of carbonyl (C=O) groups excluding carboxylic acids is 2. The van der Waals surface area contributed by atoms with Gasteiger partial charge in [0.2, 0.25) is 5.91 Å². The second-order valence-electron chi connectivity index (χ2n) is 3.57. The number of nitrogens with zero attached hydrogens (tertiary/aromatic N) is 1. The number of hydrogen-bond acceptors (Lipinski definition) is 3. The number of aromatic amines is 1. The van der Waals surface area contributed by atoms with Crippen LogP contribution in [0.1, 0.15) is 10.4 Å². The molecular weight excluding hydrogens is 232 g/mol. The molecule has 1 aromatic carbocycles. The average molecular weight is 244 g/mol. The first-order valence-corrected chi connectivity index (χ1v) is 5.38. The molecule has 2 aromatic rings. The monoisotopic (exact) mass is 244 g/mol. The molecule has 1 heterocycles. The Bertz CT molecular complexity index is 522. The summed E-state index contributed by atoms with van der Waals surface area (Å²) in [4.78, 5) is 23.1. The Kier molecular flexibility index (Phi) is 3.70. The van der Waals surface area contributed by atoms with E-state index in [1.807, 2.05) is 6.07 Å². The average Bonchev–Trinajstić information content (AvgIpc) is 2.90. The first-order chi connectivity index (χ1) is 8.75. The second kappa shape index (κ2) is 5.62. The fraction of sp³-hybridized carbons (Fsp3) is 0.0833. The molecule has 92 valence electrons. The van der Waals surface area contributed by atoms with Crippen LogP contribution in [0.15, 0.2) is 42.6 Å². The van der Waals surface area contributed by atoms with Crippen molar-refractivity contribution < 1.29 is 9.59 Å². The van der Waals surface area contributed by atoms with Crippen LogP contribution in [0.5, 0.6) is 0 Å². The zero-order valence-electron chi connectivity index (χ0n) is 9.51. The number of rotatable bonds is 4. The van der Waals surface area contributed by atoms with Crippen molar-refractivity contribution in [3.8, 4) is 0 Å². The van der Waals surface area contributed by atoms with Gasteiger partial charge in [0.1, 0.15) is 5.82 Å². The molecule has 0 aliphatic heterocycles. The summed E-state index contributed by atoms with van der Waals surface area (Å²) in [6, 6.07) is 10.3. The lowest BCUT2D eigenvalue weighted by molar-refractivity contribution is -0.115. The van der Waals surface area contributed by atoms with Crippen molar-refractivity contribution in [3.05, 3.63) is 48.2 Å². The third-order valence-corrected chi connectivity index (χ3v) is 2.22. The van der Waals surface area contributed by atoms with Crippen molar-refractivity contribution in [3.63, 3.8) is 0 Å². The summed E-state index contributed by atoms with van der Waals surface area (Å²) in [6.07, 6.45) is 1.53. The van der Waals surface area contributed by atoms with E-state index < -0.39 is 0 Å². The lowest BCUT2D eigenvalue weighted by Gasteiger charge is -2.05. The molecule has 3 N–H and O–H groups in total. The summed E-state index contributed by atoms with van der Waals surface area (Å²) in [5, 5.41) is 11.4. The minimum atomic E-state index is -0.316. The molecule has 0 spiro atoms.